The molecule has 0 unspecified atom stereocenters. The van der Waals surface area contributed by atoms with Crippen molar-refractivity contribution in [3.05, 3.63) is 57.7 Å². The van der Waals surface area contributed by atoms with Crippen molar-refractivity contribution in [1.29, 1.82) is 0 Å². The number of carbonyl (C=O) groups excluding carboxylic acids is 1. The van der Waals surface area contributed by atoms with Crippen LogP contribution in [-0.4, -0.2) is 20.6 Å². The molecule has 2 rings (SSSR count). The number of halogens is 1. The Morgan fingerprint density at radius 1 is 1.41 bits per heavy atom. The molecule has 0 bridgehead atoms. The first kappa shape index (κ1) is 15.6. The van der Waals surface area contributed by atoms with Gasteiger partial charge in [-0.3, -0.25) is 19.6 Å². The van der Waals surface area contributed by atoms with Gasteiger partial charge in [-0.2, -0.15) is 5.10 Å². The van der Waals surface area contributed by atoms with Crippen molar-refractivity contribution >= 4 is 11.6 Å². The molecule has 1 aromatic carbocycles. The van der Waals surface area contributed by atoms with Crippen molar-refractivity contribution < 1.29 is 14.1 Å². The van der Waals surface area contributed by atoms with Gasteiger partial charge in [0.1, 0.15) is 17.7 Å². The Bertz CT molecular complexity index is 682. The van der Waals surface area contributed by atoms with E-state index in [1.807, 2.05) is 0 Å². The van der Waals surface area contributed by atoms with E-state index in [4.69, 9.17) is 0 Å². The Kier molecular flexibility index (Phi) is 4.82. The van der Waals surface area contributed by atoms with Crippen molar-refractivity contribution in [1.82, 2.24) is 15.1 Å². The number of nitrogens with zero attached hydrogens (tertiary/aromatic N) is 3. The summed E-state index contributed by atoms with van der Waals surface area (Å²) < 4.78 is 14.1. The largest absolute Gasteiger partial charge is 0.352 e. The highest BCUT2D eigenvalue weighted by molar-refractivity contribution is 5.75. The average molecular weight is 306 g/mol. The van der Waals surface area contributed by atoms with Crippen molar-refractivity contribution in [2.45, 2.75) is 26.4 Å². The Hall–Kier alpha value is -2.77. The lowest BCUT2D eigenvalue weighted by Gasteiger charge is -2.05. The summed E-state index contributed by atoms with van der Waals surface area (Å²) in [6, 6.07) is 5.84. The molecule has 2 aromatic rings. The van der Waals surface area contributed by atoms with E-state index in [2.05, 4.69) is 10.4 Å². The van der Waals surface area contributed by atoms with E-state index in [0.717, 1.165) is 5.56 Å². The maximum atomic E-state index is 12.7. The third kappa shape index (κ3) is 4.11. The van der Waals surface area contributed by atoms with Gasteiger partial charge in [-0.05, 0) is 24.6 Å². The smallest absolute Gasteiger partial charge is 0.309 e. The predicted molar refractivity (Wildman–Crippen MR) is 76.5 cm³/mol. The van der Waals surface area contributed by atoms with Crippen LogP contribution >= 0.6 is 0 Å². The van der Waals surface area contributed by atoms with Gasteiger partial charge < -0.3 is 5.32 Å². The average Bonchev–Trinajstić information content (AvgIpc) is 2.86. The van der Waals surface area contributed by atoms with Crippen LogP contribution in [0.1, 0.15) is 17.7 Å². The second kappa shape index (κ2) is 6.79. The van der Waals surface area contributed by atoms with Crippen LogP contribution in [0.25, 0.3) is 0 Å². The lowest BCUT2D eigenvalue weighted by Crippen LogP contribution is -2.24. The fourth-order valence-corrected chi connectivity index (χ4v) is 1.91. The number of rotatable bonds is 6. The summed E-state index contributed by atoms with van der Waals surface area (Å²) >= 11 is 0. The van der Waals surface area contributed by atoms with Gasteiger partial charge in [-0.1, -0.05) is 12.1 Å². The zero-order valence-electron chi connectivity index (χ0n) is 12.0. The molecule has 8 heteroatoms. The Morgan fingerprint density at radius 3 is 2.68 bits per heavy atom. The molecule has 0 aliphatic rings. The zero-order chi connectivity index (χ0) is 16.1. The maximum Gasteiger partial charge on any atom is 0.309 e. The number of hydrogen-bond acceptors (Lipinski definition) is 4. The lowest BCUT2D eigenvalue weighted by molar-refractivity contribution is -0.385. The summed E-state index contributed by atoms with van der Waals surface area (Å²) in [5.74, 6) is -0.536. The molecule has 1 heterocycles. The molecule has 22 heavy (non-hydrogen) atoms. The van der Waals surface area contributed by atoms with Gasteiger partial charge in [0.2, 0.25) is 5.91 Å². The predicted octanol–water partition coefficient (Wildman–Crippen LogP) is 1.95. The van der Waals surface area contributed by atoms with E-state index in [9.17, 15) is 19.3 Å². The highest BCUT2D eigenvalue weighted by Crippen LogP contribution is 2.15. The van der Waals surface area contributed by atoms with E-state index in [0.29, 0.717) is 12.2 Å². The van der Waals surface area contributed by atoms with Gasteiger partial charge in [0.05, 0.1) is 4.92 Å². The molecule has 0 aliphatic carbocycles. The van der Waals surface area contributed by atoms with E-state index >= 15 is 0 Å². The van der Waals surface area contributed by atoms with E-state index < -0.39 is 4.92 Å². The van der Waals surface area contributed by atoms with Gasteiger partial charge in [0, 0.05) is 19.5 Å². The van der Waals surface area contributed by atoms with Crippen molar-refractivity contribution in [3.63, 3.8) is 0 Å². The third-order valence-electron chi connectivity index (χ3n) is 3.09. The topological polar surface area (TPSA) is 90.1 Å². The number of amides is 1. The van der Waals surface area contributed by atoms with Crippen LogP contribution in [0.4, 0.5) is 10.1 Å². The van der Waals surface area contributed by atoms with Gasteiger partial charge in [-0.25, -0.2) is 4.39 Å². The molecule has 0 saturated heterocycles. The molecule has 0 fully saturated rings. The molecule has 7 nitrogen and oxygen atoms in total. The summed E-state index contributed by atoms with van der Waals surface area (Å²) in [7, 11) is 0. The van der Waals surface area contributed by atoms with Crippen LogP contribution in [0, 0.1) is 22.9 Å². The van der Waals surface area contributed by atoms with Crippen LogP contribution in [-0.2, 0) is 17.9 Å². The number of aromatic nitrogens is 2. The number of nitrogens with one attached hydrogen (secondary N) is 1. The Morgan fingerprint density at radius 2 is 2.09 bits per heavy atom. The van der Waals surface area contributed by atoms with Crippen LogP contribution in [0.3, 0.4) is 0 Å². The van der Waals surface area contributed by atoms with Crippen LogP contribution < -0.4 is 5.32 Å². The summed E-state index contributed by atoms with van der Waals surface area (Å²) in [5.41, 5.74) is 1.05. The number of aryl methyl sites for hydroxylation is 2. The minimum absolute atomic E-state index is 0.0632. The zero-order valence-corrected chi connectivity index (χ0v) is 12.0. The van der Waals surface area contributed by atoms with Crippen molar-refractivity contribution in [2.75, 3.05) is 0 Å². The molecule has 1 N–H and O–H groups in total. The minimum Gasteiger partial charge on any atom is -0.352 e. The van der Waals surface area contributed by atoms with Gasteiger partial charge in [0.15, 0.2) is 0 Å². The molecule has 0 aliphatic heterocycles. The lowest BCUT2D eigenvalue weighted by atomic mass is 10.2. The minimum atomic E-state index is -0.507. The SMILES string of the molecule is Cc1nn(CCC(=O)NCc2ccc(F)cc2)cc1[N+](=O)[O-]. The molecule has 0 spiro atoms. The highest BCUT2D eigenvalue weighted by atomic mass is 19.1. The molecule has 0 atom stereocenters. The van der Waals surface area contributed by atoms with Crippen LogP contribution in [0.2, 0.25) is 0 Å². The molecule has 1 amide bonds. The number of hydrogen-bond donors (Lipinski definition) is 1. The van der Waals surface area contributed by atoms with E-state index in [-0.39, 0.29) is 30.4 Å². The Labute approximate surface area is 125 Å². The normalized spacial score (nSPS) is 10.5. The highest BCUT2D eigenvalue weighted by Gasteiger charge is 2.15. The fourth-order valence-electron chi connectivity index (χ4n) is 1.91. The summed E-state index contributed by atoms with van der Waals surface area (Å²) in [6.07, 6.45) is 1.46. The molecule has 1 aromatic heterocycles. The first-order valence-corrected chi connectivity index (χ1v) is 6.65. The first-order valence-electron chi connectivity index (χ1n) is 6.65. The summed E-state index contributed by atoms with van der Waals surface area (Å²) in [5, 5.41) is 17.4. The monoisotopic (exact) mass is 306 g/mol. The number of carbonyl (C=O) groups is 1. The number of nitro groups is 1. The first-order chi connectivity index (χ1) is 10.5. The van der Waals surface area contributed by atoms with Gasteiger partial charge >= 0.3 is 5.69 Å². The second-order valence-electron chi connectivity index (χ2n) is 4.77. The third-order valence-corrected chi connectivity index (χ3v) is 3.09. The maximum absolute atomic E-state index is 12.7. The van der Waals surface area contributed by atoms with Crippen LogP contribution in [0.5, 0.6) is 0 Å². The van der Waals surface area contributed by atoms with Crippen LogP contribution in [0.15, 0.2) is 30.5 Å². The summed E-state index contributed by atoms with van der Waals surface area (Å²) in [4.78, 5) is 21.9. The van der Waals surface area contributed by atoms with Crippen molar-refractivity contribution in [3.8, 4) is 0 Å². The summed E-state index contributed by atoms with van der Waals surface area (Å²) in [6.45, 7) is 2.10. The molecule has 0 radical (unpaired) electrons. The quantitative estimate of drug-likeness (QED) is 0.652. The standard InChI is InChI=1S/C14H15FN4O3/c1-10-13(19(21)22)9-18(17-10)7-6-14(20)16-8-11-2-4-12(15)5-3-11/h2-5,9H,6-8H2,1H3,(H,16,20). The van der Waals surface area contributed by atoms with E-state index in [1.165, 1.54) is 23.0 Å². The second-order valence-corrected chi connectivity index (χ2v) is 4.77. The molecule has 0 saturated carbocycles. The van der Waals surface area contributed by atoms with E-state index in [1.54, 1.807) is 19.1 Å². The molecule has 116 valence electrons. The molecular weight excluding hydrogens is 291 g/mol. The molecular formula is C14H15FN4O3. The fraction of sp³-hybridized carbons (Fsp3) is 0.286. The van der Waals surface area contributed by atoms with Gasteiger partial charge in [-0.15, -0.1) is 0 Å². The van der Waals surface area contributed by atoms with Crippen molar-refractivity contribution in [2.24, 2.45) is 0 Å². The number of benzene rings is 1. The van der Waals surface area contributed by atoms with Gasteiger partial charge in [0.25, 0.3) is 0 Å². The Balaban J connectivity index is 1.81.